The minimum absolute atomic E-state index is 0.0817. The molecule has 1 amide bonds. The number of hydrogen-bond acceptors (Lipinski definition) is 2. The molecule has 1 aromatic carbocycles. The molecule has 0 saturated carbocycles. The number of ether oxygens (including phenoxy) is 1. The number of rotatable bonds is 3. The maximum atomic E-state index is 13.8. The summed E-state index contributed by atoms with van der Waals surface area (Å²) in [7, 11) is 0. The van der Waals surface area contributed by atoms with Crippen LogP contribution in [0.3, 0.4) is 0 Å². The van der Waals surface area contributed by atoms with E-state index in [1.165, 1.54) is 6.07 Å². The summed E-state index contributed by atoms with van der Waals surface area (Å²) in [6.45, 7) is 2.00. The second-order valence-electron chi connectivity index (χ2n) is 5.99. The fraction of sp³-hybridized carbons (Fsp3) is 0.500. The molecule has 0 aromatic heterocycles. The van der Waals surface area contributed by atoms with Crippen molar-refractivity contribution in [3.63, 3.8) is 0 Å². The first kappa shape index (κ1) is 15.2. The summed E-state index contributed by atoms with van der Waals surface area (Å²) >= 11 is 0. The van der Waals surface area contributed by atoms with E-state index in [2.05, 4.69) is 0 Å². The van der Waals surface area contributed by atoms with Crippen LogP contribution in [0, 0.1) is 5.82 Å². The largest absolute Gasteiger partial charge is 0.378 e. The van der Waals surface area contributed by atoms with E-state index in [9.17, 15) is 9.18 Å². The molecule has 0 bridgehead atoms. The predicted molar refractivity (Wildman–Crippen MR) is 83.8 cm³/mol. The quantitative estimate of drug-likeness (QED) is 0.856. The van der Waals surface area contributed by atoms with Crippen molar-refractivity contribution in [2.75, 3.05) is 19.7 Å². The van der Waals surface area contributed by atoms with Crippen LogP contribution in [0.25, 0.3) is 5.57 Å². The van der Waals surface area contributed by atoms with Crippen molar-refractivity contribution in [3.05, 3.63) is 41.7 Å². The van der Waals surface area contributed by atoms with Crippen molar-refractivity contribution in [3.8, 4) is 0 Å². The fourth-order valence-electron chi connectivity index (χ4n) is 3.15. The average Bonchev–Trinajstić information content (AvgIpc) is 2.56. The van der Waals surface area contributed by atoms with Gasteiger partial charge < -0.3 is 9.64 Å². The molecule has 0 N–H and O–H groups in total. The number of hydrogen-bond donors (Lipinski definition) is 0. The lowest BCUT2D eigenvalue weighted by Gasteiger charge is -2.29. The average molecular weight is 303 g/mol. The van der Waals surface area contributed by atoms with Gasteiger partial charge in [-0.05, 0) is 37.3 Å². The van der Waals surface area contributed by atoms with Crippen LogP contribution in [0.4, 0.5) is 4.39 Å². The first-order valence-electron chi connectivity index (χ1n) is 8.07. The predicted octanol–water partition coefficient (Wildman–Crippen LogP) is 3.40. The molecule has 4 heteroatoms. The molecule has 2 heterocycles. The Labute approximate surface area is 130 Å². The zero-order valence-corrected chi connectivity index (χ0v) is 12.8. The van der Waals surface area contributed by atoms with E-state index in [4.69, 9.17) is 4.74 Å². The molecule has 3 nitrogen and oxygen atoms in total. The highest BCUT2D eigenvalue weighted by Gasteiger charge is 2.23. The second-order valence-corrected chi connectivity index (χ2v) is 5.99. The molecule has 2 aliphatic rings. The highest BCUT2D eigenvalue weighted by Crippen LogP contribution is 2.25. The molecule has 0 aliphatic carbocycles. The van der Waals surface area contributed by atoms with Crippen molar-refractivity contribution in [2.45, 2.75) is 38.2 Å². The van der Waals surface area contributed by atoms with Gasteiger partial charge in [-0.25, -0.2) is 4.39 Å². The Morgan fingerprint density at radius 3 is 2.86 bits per heavy atom. The molecule has 118 valence electrons. The van der Waals surface area contributed by atoms with Crippen molar-refractivity contribution in [1.29, 1.82) is 0 Å². The lowest BCUT2D eigenvalue weighted by Crippen LogP contribution is -2.37. The zero-order chi connectivity index (χ0) is 15.4. The number of amides is 1. The van der Waals surface area contributed by atoms with E-state index in [1.807, 2.05) is 17.0 Å². The molecule has 3 rings (SSSR count). The van der Waals surface area contributed by atoms with Gasteiger partial charge in [-0.15, -0.1) is 0 Å². The van der Waals surface area contributed by atoms with Crippen LogP contribution in [0.5, 0.6) is 0 Å². The van der Waals surface area contributed by atoms with Crippen molar-refractivity contribution >= 4 is 11.5 Å². The number of carbonyl (C=O) groups is 1. The van der Waals surface area contributed by atoms with E-state index in [0.717, 1.165) is 31.4 Å². The van der Waals surface area contributed by atoms with Gasteiger partial charge in [0.2, 0.25) is 5.91 Å². The maximum absolute atomic E-state index is 13.8. The summed E-state index contributed by atoms with van der Waals surface area (Å²) in [5.41, 5.74) is 1.65. The molecule has 22 heavy (non-hydrogen) atoms. The second kappa shape index (κ2) is 7.05. The molecule has 0 unspecified atom stereocenters. The monoisotopic (exact) mass is 303 g/mol. The van der Waals surface area contributed by atoms with Crippen molar-refractivity contribution < 1.29 is 13.9 Å². The van der Waals surface area contributed by atoms with E-state index >= 15 is 0 Å². The number of nitrogens with zero attached hydrogens (tertiary/aromatic N) is 1. The summed E-state index contributed by atoms with van der Waals surface area (Å²) < 4.78 is 19.4. The van der Waals surface area contributed by atoms with E-state index in [-0.39, 0.29) is 17.8 Å². The maximum Gasteiger partial charge on any atom is 0.225 e. The molecule has 2 aliphatic heterocycles. The Morgan fingerprint density at radius 2 is 2.18 bits per heavy atom. The lowest BCUT2D eigenvalue weighted by atomic mass is 9.98. The summed E-state index contributed by atoms with van der Waals surface area (Å²) in [6, 6.07) is 6.82. The van der Waals surface area contributed by atoms with E-state index in [0.29, 0.717) is 31.5 Å². The van der Waals surface area contributed by atoms with Crippen LogP contribution >= 0.6 is 0 Å². The Morgan fingerprint density at radius 1 is 1.32 bits per heavy atom. The third-order valence-corrected chi connectivity index (χ3v) is 4.46. The molecule has 1 saturated heterocycles. The topological polar surface area (TPSA) is 29.5 Å². The molecular weight excluding hydrogens is 281 g/mol. The van der Waals surface area contributed by atoms with Crippen molar-refractivity contribution in [1.82, 2.24) is 4.90 Å². The van der Waals surface area contributed by atoms with Gasteiger partial charge in [-0.1, -0.05) is 24.3 Å². The smallest absolute Gasteiger partial charge is 0.225 e. The molecule has 0 radical (unpaired) electrons. The zero-order valence-electron chi connectivity index (χ0n) is 12.8. The fourth-order valence-corrected chi connectivity index (χ4v) is 3.15. The van der Waals surface area contributed by atoms with Crippen LogP contribution in [-0.2, 0) is 9.53 Å². The molecule has 1 fully saturated rings. The standard InChI is InChI=1S/C18H22FNO2/c19-17-7-2-1-6-16(17)14-8-10-20(11-9-14)18(21)13-15-5-3-4-12-22-15/h1-2,6-8,15H,3-5,9-13H2/t15-/m1/s1. The Bertz CT molecular complexity index is 564. The van der Waals surface area contributed by atoms with Crippen LogP contribution in [0.2, 0.25) is 0 Å². The lowest BCUT2D eigenvalue weighted by molar-refractivity contribution is -0.134. The Balaban J connectivity index is 1.58. The normalized spacial score (nSPS) is 22.3. The first-order chi connectivity index (χ1) is 10.7. The van der Waals surface area contributed by atoms with Gasteiger partial charge in [0, 0.05) is 25.3 Å². The summed E-state index contributed by atoms with van der Waals surface area (Å²) in [5.74, 6) is -0.0418. The highest BCUT2D eigenvalue weighted by atomic mass is 19.1. The summed E-state index contributed by atoms with van der Waals surface area (Å²) in [6.07, 6.45) is 6.47. The van der Waals surface area contributed by atoms with E-state index in [1.54, 1.807) is 12.1 Å². The summed E-state index contributed by atoms with van der Waals surface area (Å²) in [5, 5.41) is 0. The van der Waals surface area contributed by atoms with Crippen LogP contribution in [0.1, 0.15) is 37.7 Å². The number of benzene rings is 1. The highest BCUT2D eigenvalue weighted by molar-refractivity contribution is 5.78. The van der Waals surface area contributed by atoms with Crippen LogP contribution in [0.15, 0.2) is 30.3 Å². The van der Waals surface area contributed by atoms with Crippen LogP contribution in [-0.4, -0.2) is 36.6 Å². The third-order valence-electron chi connectivity index (χ3n) is 4.46. The van der Waals surface area contributed by atoms with E-state index < -0.39 is 0 Å². The van der Waals surface area contributed by atoms with Gasteiger partial charge in [0.05, 0.1) is 12.5 Å². The number of carbonyl (C=O) groups excluding carboxylic acids is 1. The van der Waals surface area contributed by atoms with Gasteiger partial charge in [-0.3, -0.25) is 4.79 Å². The third kappa shape index (κ3) is 3.55. The van der Waals surface area contributed by atoms with Gasteiger partial charge in [0.1, 0.15) is 5.82 Å². The molecule has 1 aromatic rings. The molecule has 1 atom stereocenters. The van der Waals surface area contributed by atoms with Gasteiger partial charge in [-0.2, -0.15) is 0 Å². The molecular formula is C18H22FNO2. The number of halogens is 1. The minimum Gasteiger partial charge on any atom is -0.378 e. The van der Waals surface area contributed by atoms with Gasteiger partial charge in [0.25, 0.3) is 0 Å². The Kier molecular flexibility index (Phi) is 4.88. The first-order valence-corrected chi connectivity index (χ1v) is 8.07. The minimum atomic E-state index is -0.191. The van der Waals surface area contributed by atoms with Gasteiger partial charge in [0.15, 0.2) is 0 Å². The molecule has 0 spiro atoms. The Hall–Kier alpha value is -1.68. The SMILES string of the molecule is O=C(C[C@H]1CCCCO1)N1CC=C(c2ccccc2F)CC1. The summed E-state index contributed by atoms with van der Waals surface area (Å²) in [4.78, 5) is 14.2. The van der Waals surface area contributed by atoms with Gasteiger partial charge >= 0.3 is 0 Å². The van der Waals surface area contributed by atoms with Crippen LogP contribution < -0.4 is 0 Å². The van der Waals surface area contributed by atoms with Crippen molar-refractivity contribution in [2.24, 2.45) is 0 Å².